The molecule has 0 radical (unpaired) electrons. The van der Waals surface area contributed by atoms with Crippen molar-refractivity contribution >= 4 is 11.8 Å². The third-order valence-electron chi connectivity index (χ3n) is 1.44. The zero-order valence-electron chi connectivity index (χ0n) is 6.05. The first-order chi connectivity index (χ1) is 4.66. The lowest BCUT2D eigenvalue weighted by molar-refractivity contribution is 0.833. The van der Waals surface area contributed by atoms with Crippen LogP contribution >= 0.6 is 11.8 Å². The highest BCUT2D eigenvalue weighted by molar-refractivity contribution is 8.05. The summed E-state index contributed by atoms with van der Waals surface area (Å²) < 4.78 is 0.117. The quantitative estimate of drug-likeness (QED) is 0.518. The molecule has 1 heterocycles. The third kappa shape index (κ3) is 1.46. The minimum Gasteiger partial charge on any atom is -0.120 e. The lowest BCUT2D eigenvalue weighted by atomic mass is 10.1. The summed E-state index contributed by atoms with van der Waals surface area (Å²) in [5, 5.41) is 0. The van der Waals surface area contributed by atoms with Gasteiger partial charge in [0, 0.05) is 16.1 Å². The molecule has 0 aromatic heterocycles. The predicted molar refractivity (Wildman–Crippen MR) is 47.7 cm³/mol. The van der Waals surface area contributed by atoms with E-state index in [4.69, 9.17) is 6.42 Å². The van der Waals surface area contributed by atoms with Gasteiger partial charge in [-0.15, -0.1) is 24.1 Å². The summed E-state index contributed by atoms with van der Waals surface area (Å²) in [6, 6.07) is 0. The standard InChI is InChI=1S/C9H10S/c1-4-6-9(3)7-5-8(2)10-9/h1,5,7H,2,6H2,3H3. The van der Waals surface area contributed by atoms with Gasteiger partial charge in [0.2, 0.25) is 0 Å². The molecule has 0 aliphatic carbocycles. The van der Waals surface area contributed by atoms with Gasteiger partial charge in [0.15, 0.2) is 0 Å². The van der Waals surface area contributed by atoms with Gasteiger partial charge in [0.05, 0.1) is 0 Å². The largest absolute Gasteiger partial charge is 0.120 e. The van der Waals surface area contributed by atoms with E-state index in [0.717, 1.165) is 11.3 Å². The average molecular weight is 150 g/mol. The molecule has 1 atom stereocenters. The number of rotatable bonds is 1. The Balaban J connectivity index is 2.67. The van der Waals surface area contributed by atoms with Crippen LogP contribution in [0, 0.1) is 12.3 Å². The lowest BCUT2D eigenvalue weighted by Gasteiger charge is -2.16. The van der Waals surface area contributed by atoms with Crippen molar-refractivity contribution < 1.29 is 0 Å². The molecule has 0 saturated carbocycles. The number of hydrogen-bond acceptors (Lipinski definition) is 1. The SMILES string of the molecule is C#CCC1(C)C=CC(=C)S1. The molecule has 0 fully saturated rings. The van der Waals surface area contributed by atoms with Crippen molar-refractivity contribution in [3.05, 3.63) is 23.6 Å². The summed E-state index contributed by atoms with van der Waals surface area (Å²) in [7, 11) is 0. The fourth-order valence-corrected chi connectivity index (χ4v) is 1.96. The van der Waals surface area contributed by atoms with Crippen molar-refractivity contribution in [2.45, 2.75) is 18.1 Å². The van der Waals surface area contributed by atoms with Crippen LogP contribution in [0.15, 0.2) is 23.6 Å². The van der Waals surface area contributed by atoms with Crippen LogP contribution in [0.25, 0.3) is 0 Å². The Kier molecular flexibility index (Phi) is 1.92. The second kappa shape index (κ2) is 2.56. The Hall–Kier alpha value is -0.610. The molecule has 0 bridgehead atoms. The van der Waals surface area contributed by atoms with Crippen LogP contribution in [-0.4, -0.2) is 4.75 Å². The number of thioether (sulfide) groups is 1. The first-order valence-electron chi connectivity index (χ1n) is 3.17. The molecule has 0 amide bonds. The Labute approximate surface area is 66.4 Å². The molecular formula is C9H10S. The van der Waals surface area contributed by atoms with E-state index in [2.05, 4.69) is 25.5 Å². The van der Waals surface area contributed by atoms with Crippen molar-refractivity contribution in [2.24, 2.45) is 0 Å². The van der Waals surface area contributed by atoms with Crippen LogP contribution in [0.5, 0.6) is 0 Å². The Bertz CT molecular complexity index is 219. The van der Waals surface area contributed by atoms with E-state index in [9.17, 15) is 0 Å². The average Bonchev–Trinajstić information content (AvgIpc) is 2.12. The molecule has 0 aromatic carbocycles. The van der Waals surface area contributed by atoms with E-state index in [0.29, 0.717) is 0 Å². The highest BCUT2D eigenvalue weighted by atomic mass is 32.2. The molecule has 0 nitrogen and oxygen atoms in total. The van der Waals surface area contributed by atoms with Crippen molar-refractivity contribution in [1.29, 1.82) is 0 Å². The smallest absolute Gasteiger partial charge is 0.0470 e. The summed E-state index contributed by atoms with van der Waals surface area (Å²) >= 11 is 1.74. The molecule has 1 aliphatic heterocycles. The van der Waals surface area contributed by atoms with Crippen LogP contribution in [0.2, 0.25) is 0 Å². The van der Waals surface area contributed by atoms with Gasteiger partial charge in [0.25, 0.3) is 0 Å². The summed E-state index contributed by atoms with van der Waals surface area (Å²) in [5.41, 5.74) is 0. The van der Waals surface area contributed by atoms with Crippen molar-refractivity contribution in [3.8, 4) is 12.3 Å². The number of allylic oxidation sites excluding steroid dienone is 1. The Morgan fingerprint density at radius 3 is 3.00 bits per heavy atom. The predicted octanol–water partition coefficient (Wildman–Crippen LogP) is 2.59. The summed E-state index contributed by atoms with van der Waals surface area (Å²) in [6.07, 6.45) is 10.2. The van der Waals surface area contributed by atoms with E-state index in [1.54, 1.807) is 11.8 Å². The number of terminal acetylenes is 1. The minimum atomic E-state index is 0.117. The fourth-order valence-electron chi connectivity index (χ4n) is 0.934. The molecule has 1 unspecified atom stereocenters. The summed E-state index contributed by atoms with van der Waals surface area (Å²) in [4.78, 5) is 1.11. The highest BCUT2D eigenvalue weighted by Crippen LogP contribution is 2.41. The van der Waals surface area contributed by atoms with Crippen LogP contribution in [-0.2, 0) is 0 Å². The monoisotopic (exact) mass is 150 g/mol. The normalized spacial score (nSPS) is 30.6. The molecule has 1 heteroatoms. The van der Waals surface area contributed by atoms with Crippen molar-refractivity contribution in [3.63, 3.8) is 0 Å². The third-order valence-corrected chi connectivity index (χ3v) is 2.58. The van der Waals surface area contributed by atoms with Crippen molar-refractivity contribution in [1.82, 2.24) is 0 Å². The maximum Gasteiger partial charge on any atom is 0.0470 e. The van der Waals surface area contributed by atoms with Crippen LogP contribution in [0.1, 0.15) is 13.3 Å². The molecule has 52 valence electrons. The van der Waals surface area contributed by atoms with Gasteiger partial charge in [-0.3, -0.25) is 0 Å². The van der Waals surface area contributed by atoms with E-state index >= 15 is 0 Å². The fraction of sp³-hybridized carbons (Fsp3) is 0.333. The second-order valence-electron chi connectivity index (χ2n) is 2.60. The number of hydrogen-bond donors (Lipinski definition) is 0. The topological polar surface area (TPSA) is 0 Å². The first kappa shape index (κ1) is 7.50. The summed E-state index contributed by atoms with van der Waals surface area (Å²) in [5.74, 6) is 2.66. The highest BCUT2D eigenvalue weighted by Gasteiger charge is 2.25. The molecule has 1 rings (SSSR count). The molecule has 0 N–H and O–H groups in total. The Morgan fingerprint density at radius 2 is 2.60 bits per heavy atom. The Morgan fingerprint density at radius 1 is 1.90 bits per heavy atom. The second-order valence-corrected chi connectivity index (χ2v) is 4.26. The minimum absolute atomic E-state index is 0.117. The summed E-state index contributed by atoms with van der Waals surface area (Å²) in [6.45, 7) is 5.97. The van der Waals surface area contributed by atoms with Gasteiger partial charge in [-0.1, -0.05) is 18.7 Å². The molecular weight excluding hydrogens is 140 g/mol. The van der Waals surface area contributed by atoms with Gasteiger partial charge in [-0.25, -0.2) is 0 Å². The van der Waals surface area contributed by atoms with Gasteiger partial charge >= 0.3 is 0 Å². The van der Waals surface area contributed by atoms with E-state index in [1.807, 2.05) is 6.08 Å². The first-order valence-corrected chi connectivity index (χ1v) is 3.98. The van der Waals surface area contributed by atoms with Crippen LogP contribution < -0.4 is 0 Å². The molecule has 0 aromatic rings. The lowest BCUT2D eigenvalue weighted by Crippen LogP contribution is -2.11. The zero-order valence-corrected chi connectivity index (χ0v) is 6.87. The van der Waals surface area contributed by atoms with Crippen LogP contribution in [0.3, 0.4) is 0 Å². The van der Waals surface area contributed by atoms with Gasteiger partial charge in [0.1, 0.15) is 0 Å². The van der Waals surface area contributed by atoms with Gasteiger partial charge < -0.3 is 0 Å². The van der Waals surface area contributed by atoms with Gasteiger partial charge in [-0.2, -0.15) is 0 Å². The van der Waals surface area contributed by atoms with Crippen LogP contribution in [0.4, 0.5) is 0 Å². The molecule has 1 aliphatic rings. The molecule has 0 spiro atoms. The maximum absolute atomic E-state index is 5.21. The molecule has 10 heavy (non-hydrogen) atoms. The zero-order chi connectivity index (χ0) is 7.61. The van der Waals surface area contributed by atoms with E-state index in [-0.39, 0.29) is 4.75 Å². The van der Waals surface area contributed by atoms with Gasteiger partial charge in [-0.05, 0) is 6.92 Å². The maximum atomic E-state index is 5.21. The van der Waals surface area contributed by atoms with E-state index < -0.39 is 0 Å². The van der Waals surface area contributed by atoms with Crippen molar-refractivity contribution in [2.75, 3.05) is 0 Å². The molecule has 0 saturated heterocycles. The van der Waals surface area contributed by atoms with E-state index in [1.165, 1.54) is 0 Å².